The molecule has 148 valence electrons. The van der Waals surface area contributed by atoms with Gasteiger partial charge in [-0.2, -0.15) is 13.2 Å². The lowest BCUT2D eigenvalue weighted by molar-refractivity contribution is -0.139. The summed E-state index contributed by atoms with van der Waals surface area (Å²) in [6.07, 6.45) is -5.10. The lowest BCUT2D eigenvalue weighted by Gasteiger charge is -2.29. The predicted octanol–water partition coefficient (Wildman–Crippen LogP) is 2.91. The molecule has 1 fully saturated rings. The van der Waals surface area contributed by atoms with Gasteiger partial charge in [-0.15, -0.1) is 12.4 Å². The number of benzene rings is 1. The summed E-state index contributed by atoms with van der Waals surface area (Å²) in [5, 5.41) is 5.55. The van der Waals surface area contributed by atoms with Crippen molar-refractivity contribution in [2.45, 2.75) is 51.7 Å². The minimum atomic E-state index is -4.53. The fraction of sp³-hybridized carbons (Fsp3) is 0.588. The molecule has 1 aliphatic heterocycles. The molecule has 5 nitrogen and oxygen atoms in total. The van der Waals surface area contributed by atoms with Gasteiger partial charge in [-0.05, 0) is 38.5 Å². The molecule has 0 aliphatic carbocycles. The number of hydrogen-bond donors (Lipinski definition) is 2. The number of morpholine rings is 1. The fourth-order valence-corrected chi connectivity index (χ4v) is 2.64. The molecule has 0 unspecified atom stereocenters. The Morgan fingerprint density at radius 1 is 1.42 bits per heavy atom. The Kier molecular flexibility index (Phi) is 8.17. The maximum atomic E-state index is 13.3. The maximum absolute atomic E-state index is 13.3. The molecule has 1 saturated heterocycles. The van der Waals surface area contributed by atoms with Crippen molar-refractivity contribution in [3.05, 3.63) is 29.3 Å². The molecular formula is C17H24ClF3N2O3. The quantitative estimate of drug-likeness (QED) is 0.803. The summed E-state index contributed by atoms with van der Waals surface area (Å²) >= 11 is 0. The smallest absolute Gasteiger partial charge is 0.416 e. The van der Waals surface area contributed by atoms with Gasteiger partial charge in [-0.3, -0.25) is 4.79 Å². The molecule has 0 bridgehead atoms. The van der Waals surface area contributed by atoms with Gasteiger partial charge in [-0.1, -0.05) is 6.07 Å². The summed E-state index contributed by atoms with van der Waals surface area (Å²) in [5.74, 6) is -0.240. The molecule has 2 atom stereocenters. The van der Waals surface area contributed by atoms with E-state index in [1.54, 1.807) is 20.8 Å². The lowest BCUT2D eigenvalue weighted by atomic mass is 10.1. The minimum absolute atomic E-state index is 0. The van der Waals surface area contributed by atoms with Crippen molar-refractivity contribution in [1.82, 2.24) is 10.6 Å². The predicted molar refractivity (Wildman–Crippen MR) is 93.5 cm³/mol. The van der Waals surface area contributed by atoms with Crippen LogP contribution in [-0.4, -0.2) is 37.3 Å². The standard InChI is InChI=1S/C17H23F3N2O3.ClH/c1-10(2)25-13-5-4-12(14(8-13)17(18,19)20)9-22-16(23)15-11(3)24-7-6-21-15;/h4-5,8,10-11,15,21H,6-7,9H2,1-3H3,(H,22,23);1H/t11-,15+;/m1./s1. The van der Waals surface area contributed by atoms with Crippen LogP contribution < -0.4 is 15.4 Å². The normalized spacial score (nSPS) is 20.4. The van der Waals surface area contributed by atoms with Gasteiger partial charge >= 0.3 is 6.18 Å². The van der Waals surface area contributed by atoms with Crippen LogP contribution in [0.5, 0.6) is 5.75 Å². The molecule has 2 rings (SSSR count). The summed E-state index contributed by atoms with van der Waals surface area (Å²) in [4.78, 5) is 12.2. The summed E-state index contributed by atoms with van der Waals surface area (Å²) < 4.78 is 50.6. The van der Waals surface area contributed by atoms with Crippen LogP contribution in [0.15, 0.2) is 18.2 Å². The number of nitrogens with one attached hydrogen (secondary N) is 2. The number of rotatable bonds is 5. The Morgan fingerprint density at radius 3 is 2.69 bits per heavy atom. The Labute approximate surface area is 157 Å². The Bertz CT molecular complexity index is 611. The Balaban J connectivity index is 0.00000338. The SMILES string of the molecule is CC(C)Oc1ccc(CNC(=O)[C@H]2NCCO[C@@H]2C)c(C(F)(F)F)c1.Cl. The van der Waals surface area contributed by atoms with Gasteiger partial charge in [0.15, 0.2) is 0 Å². The molecule has 26 heavy (non-hydrogen) atoms. The first-order chi connectivity index (χ1) is 11.7. The summed E-state index contributed by atoms with van der Waals surface area (Å²) in [6, 6.07) is 3.19. The summed E-state index contributed by atoms with van der Waals surface area (Å²) in [5.41, 5.74) is -0.826. The van der Waals surface area contributed by atoms with E-state index in [9.17, 15) is 18.0 Å². The van der Waals surface area contributed by atoms with Crippen LogP contribution in [-0.2, 0) is 22.3 Å². The molecule has 1 aromatic rings. The van der Waals surface area contributed by atoms with Gasteiger partial charge in [0.1, 0.15) is 11.8 Å². The van der Waals surface area contributed by atoms with Crippen molar-refractivity contribution >= 4 is 18.3 Å². The molecule has 0 spiro atoms. The molecule has 0 radical (unpaired) electrons. The molecule has 1 aliphatic rings. The molecule has 1 heterocycles. The maximum Gasteiger partial charge on any atom is 0.416 e. The van der Waals surface area contributed by atoms with Crippen molar-refractivity contribution in [2.75, 3.05) is 13.2 Å². The van der Waals surface area contributed by atoms with E-state index in [4.69, 9.17) is 9.47 Å². The zero-order chi connectivity index (χ0) is 18.6. The topological polar surface area (TPSA) is 59.6 Å². The number of alkyl halides is 3. The van der Waals surface area contributed by atoms with Crippen LogP contribution >= 0.6 is 12.4 Å². The largest absolute Gasteiger partial charge is 0.491 e. The zero-order valence-corrected chi connectivity index (χ0v) is 15.7. The fourth-order valence-electron chi connectivity index (χ4n) is 2.64. The number of carbonyl (C=O) groups excluding carboxylic acids is 1. The molecular weight excluding hydrogens is 373 g/mol. The van der Waals surface area contributed by atoms with E-state index < -0.39 is 17.8 Å². The van der Waals surface area contributed by atoms with Gasteiger partial charge in [-0.25, -0.2) is 0 Å². The molecule has 2 N–H and O–H groups in total. The van der Waals surface area contributed by atoms with Crippen LogP contribution in [0, 0.1) is 0 Å². The molecule has 0 saturated carbocycles. The third-order valence-corrected chi connectivity index (χ3v) is 3.81. The monoisotopic (exact) mass is 396 g/mol. The Hall–Kier alpha value is -1.51. The number of amides is 1. The van der Waals surface area contributed by atoms with Crippen molar-refractivity contribution in [1.29, 1.82) is 0 Å². The average Bonchev–Trinajstić information content (AvgIpc) is 2.52. The van der Waals surface area contributed by atoms with E-state index in [1.165, 1.54) is 12.1 Å². The van der Waals surface area contributed by atoms with Crippen molar-refractivity contribution in [3.63, 3.8) is 0 Å². The van der Waals surface area contributed by atoms with Gasteiger partial charge in [0, 0.05) is 13.1 Å². The number of hydrogen-bond acceptors (Lipinski definition) is 4. The van der Waals surface area contributed by atoms with E-state index in [-0.39, 0.29) is 48.4 Å². The van der Waals surface area contributed by atoms with Crippen LogP contribution in [0.4, 0.5) is 13.2 Å². The van der Waals surface area contributed by atoms with Crippen LogP contribution in [0.2, 0.25) is 0 Å². The van der Waals surface area contributed by atoms with Crippen LogP contribution in [0.25, 0.3) is 0 Å². The second kappa shape index (κ2) is 9.43. The highest BCUT2D eigenvalue weighted by Gasteiger charge is 2.34. The molecule has 9 heteroatoms. The third-order valence-electron chi connectivity index (χ3n) is 3.81. The number of ether oxygens (including phenoxy) is 2. The first kappa shape index (κ1) is 22.5. The first-order valence-corrected chi connectivity index (χ1v) is 8.18. The van der Waals surface area contributed by atoms with E-state index >= 15 is 0 Å². The highest BCUT2D eigenvalue weighted by atomic mass is 35.5. The highest BCUT2D eigenvalue weighted by Crippen LogP contribution is 2.34. The summed E-state index contributed by atoms with van der Waals surface area (Å²) in [7, 11) is 0. The lowest BCUT2D eigenvalue weighted by Crippen LogP contribution is -2.55. The van der Waals surface area contributed by atoms with Gasteiger partial charge in [0.2, 0.25) is 5.91 Å². The second-order valence-electron chi connectivity index (χ2n) is 6.21. The van der Waals surface area contributed by atoms with Gasteiger partial charge in [0.25, 0.3) is 0 Å². The van der Waals surface area contributed by atoms with Gasteiger partial charge in [0.05, 0.1) is 24.4 Å². The first-order valence-electron chi connectivity index (χ1n) is 8.18. The highest BCUT2D eigenvalue weighted by molar-refractivity contribution is 5.85. The van der Waals surface area contributed by atoms with E-state index in [1.807, 2.05) is 0 Å². The van der Waals surface area contributed by atoms with Crippen molar-refractivity contribution < 1.29 is 27.4 Å². The number of halogens is 4. The number of carbonyl (C=O) groups is 1. The third kappa shape index (κ3) is 6.03. The van der Waals surface area contributed by atoms with Crippen LogP contribution in [0.3, 0.4) is 0 Å². The molecule has 0 aromatic heterocycles. The van der Waals surface area contributed by atoms with Crippen LogP contribution in [0.1, 0.15) is 31.9 Å². The zero-order valence-electron chi connectivity index (χ0n) is 14.9. The molecule has 1 amide bonds. The second-order valence-corrected chi connectivity index (χ2v) is 6.21. The van der Waals surface area contributed by atoms with Crippen molar-refractivity contribution in [2.24, 2.45) is 0 Å². The van der Waals surface area contributed by atoms with Gasteiger partial charge < -0.3 is 20.1 Å². The molecule has 1 aromatic carbocycles. The van der Waals surface area contributed by atoms with E-state index in [0.29, 0.717) is 13.2 Å². The van der Waals surface area contributed by atoms with E-state index in [2.05, 4.69) is 10.6 Å². The average molecular weight is 397 g/mol. The Morgan fingerprint density at radius 2 is 2.12 bits per heavy atom. The van der Waals surface area contributed by atoms with Crippen molar-refractivity contribution in [3.8, 4) is 5.75 Å². The van der Waals surface area contributed by atoms with E-state index in [0.717, 1.165) is 6.07 Å². The minimum Gasteiger partial charge on any atom is -0.491 e. The summed E-state index contributed by atoms with van der Waals surface area (Å²) in [6.45, 7) is 6.03.